The van der Waals surface area contributed by atoms with Crippen LogP contribution in [0.25, 0.3) is 11.1 Å². The van der Waals surface area contributed by atoms with Gasteiger partial charge in [-0.05, 0) is 53.9 Å². The lowest BCUT2D eigenvalue weighted by Crippen LogP contribution is -2.33. The minimum atomic E-state index is -1.61. The van der Waals surface area contributed by atoms with E-state index in [2.05, 4.69) is 62.5 Å². The van der Waals surface area contributed by atoms with Crippen molar-refractivity contribution in [1.82, 2.24) is 0 Å². The van der Waals surface area contributed by atoms with E-state index in [1.165, 1.54) is 41.1 Å². The summed E-state index contributed by atoms with van der Waals surface area (Å²) >= 11 is 0. The Labute approximate surface area is 129 Å². The van der Waals surface area contributed by atoms with Gasteiger partial charge in [0.25, 0.3) is 0 Å². The van der Waals surface area contributed by atoms with E-state index in [1.54, 1.807) is 0 Å². The molecule has 0 aromatic heterocycles. The Hall–Kier alpha value is -1.54. The molecule has 0 atom stereocenters. The maximum absolute atomic E-state index is 6.31. The van der Waals surface area contributed by atoms with Crippen molar-refractivity contribution >= 4 is 8.32 Å². The average Bonchev–Trinajstić information content (AvgIpc) is 2.82. The van der Waals surface area contributed by atoms with Crippen molar-refractivity contribution in [2.75, 3.05) is 0 Å². The molecule has 0 aliphatic heterocycles. The topological polar surface area (TPSA) is 9.23 Å². The van der Waals surface area contributed by atoms with Gasteiger partial charge in [0, 0.05) is 6.07 Å². The van der Waals surface area contributed by atoms with Gasteiger partial charge in [-0.2, -0.15) is 0 Å². The highest BCUT2D eigenvalue weighted by molar-refractivity contribution is 6.71. The number of hydrogen-bond acceptors (Lipinski definition) is 1. The molecule has 1 radical (unpaired) electrons. The molecular weight excluding hydrogens is 272 g/mol. The first-order chi connectivity index (χ1) is 10.1. The SMILES string of the molecule is CCCC[Si](C)(C)Oc1[c]c2c(cc1)-c1ccccc1C2. The lowest BCUT2D eigenvalue weighted by atomic mass is 10.1. The van der Waals surface area contributed by atoms with Crippen LogP contribution in [0.4, 0.5) is 0 Å². The molecule has 0 unspecified atom stereocenters. The summed E-state index contributed by atoms with van der Waals surface area (Å²) in [7, 11) is -1.61. The van der Waals surface area contributed by atoms with Crippen LogP contribution in [-0.4, -0.2) is 8.32 Å². The molecule has 1 aliphatic carbocycles. The van der Waals surface area contributed by atoms with E-state index >= 15 is 0 Å². The monoisotopic (exact) mass is 295 g/mol. The zero-order valence-electron chi connectivity index (χ0n) is 13.2. The van der Waals surface area contributed by atoms with Crippen molar-refractivity contribution in [3.63, 3.8) is 0 Å². The Kier molecular flexibility index (Phi) is 3.90. The first-order valence-corrected chi connectivity index (χ1v) is 11.0. The summed E-state index contributed by atoms with van der Waals surface area (Å²) in [4.78, 5) is 0. The van der Waals surface area contributed by atoms with E-state index in [-0.39, 0.29) is 0 Å². The summed E-state index contributed by atoms with van der Waals surface area (Å²) in [6.45, 7) is 6.85. The second-order valence-electron chi connectivity index (χ2n) is 6.51. The van der Waals surface area contributed by atoms with Gasteiger partial charge in [-0.3, -0.25) is 0 Å². The molecule has 0 amide bonds. The highest BCUT2D eigenvalue weighted by atomic mass is 28.4. The van der Waals surface area contributed by atoms with Crippen molar-refractivity contribution in [2.45, 2.75) is 45.3 Å². The highest BCUT2D eigenvalue weighted by Crippen LogP contribution is 2.38. The van der Waals surface area contributed by atoms with E-state index in [0.717, 1.165) is 12.2 Å². The van der Waals surface area contributed by atoms with Crippen molar-refractivity contribution in [3.8, 4) is 16.9 Å². The lowest BCUT2D eigenvalue weighted by Gasteiger charge is -2.24. The third kappa shape index (κ3) is 3.05. The van der Waals surface area contributed by atoms with Gasteiger partial charge in [-0.1, -0.05) is 50.1 Å². The van der Waals surface area contributed by atoms with Gasteiger partial charge in [-0.15, -0.1) is 0 Å². The summed E-state index contributed by atoms with van der Waals surface area (Å²) in [5.74, 6) is 0.939. The fourth-order valence-corrected chi connectivity index (χ4v) is 5.07. The Bertz CT molecular complexity index is 646. The third-order valence-electron chi connectivity index (χ3n) is 4.19. The van der Waals surface area contributed by atoms with Crippen LogP contribution in [0.5, 0.6) is 5.75 Å². The van der Waals surface area contributed by atoms with Crippen LogP contribution in [-0.2, 0) is 6.42 Å². The molecule has 2 aromatic rings. The predicted octanol–water partition coefficient (Wildman–Crippen LogP) is 5.44. The molecule has 3 rings (SSSR count). The standard InChI is InChI=1S/C19H23OSi/c1-4-5-12-21(2,3)20-17-10-11-19-16(14-17)13-15-8-6-7-9-18(15)19/h6-11H,4-5,12-13H2,1-3H3. The molecule has 0 bridgehead atoms. The molecule has 109 valence electrons. The van der Waals surface area contributed by atoms with Crippen molar-refractivity contribution < 1.29 is 4.43 Å². The number of hydrogen-bond donors (Lipinski definition) is 0. The number of unbranched alkanes of at least 4 members (excludes halogenated alkanes) is 1. The third-order valence-corrected chi connectivity index (χ3v) is 6.52. The summed E-state index contributed by atoms with van der Waals surface area (Å²) in [6, 6.07) is 17.7. The van der Waals surface area contributed by atoms with E-state index < -0.39 is 8.32 Å². The largest absolute Gasteiger partial charge is 0.544 e. The molecule has 2 aromatic carbocycles. The molecule has 21 heavy (non-hydrogen) atoms. The summed E-state index contributed by atoms with van der Waals surface area (Å²) in [5, 5.41) is 0. The summed E-state index contributed by atoms with van der Waals surface area (Å²) in [5.41, 5.74) is 5.38. The van der Waals surface area contributed by atoms with Crippen LogP contribution in [0.2, 0.25) is 19.1 Å². The van der Waals surface area contributed by atoms with Crippen LogP contribution >= 0.6 is 0 Å². The molecular formula is C19H23OSi. The molecule has 0 N–H and O–H groups in total. The number of rotatable bonds is 5. The molecule has 2 heteroatoms. The van der Waals surface area contributed by atoms with Crippen LogP contribution in [0.1, 0.15) is 30.9 Å². The first-order valence-electron chi connectivity index (χ1n) is 7.91. The second-order valence-corrected chi connectivity index (χ2v) is 10.7. The molecule has 1 nitrogen and oxygen atoms in total. The molecule has 1 aliphatic rings. The smallest absolute Gasteiger partial charge is 0.245 e. The molecule has 0 saturated carbocycles. The first kappa shape index (κ1) is 14.4. The van der Waals surface area contributed by atoms with E-state index in [1.807, 2.05) is 0 Å². The van der Waals surface area contributed by atoms with Gasteiger partial charge in [0.15, 0.2) is 0 Å². The number of fused-ring (bicyclic) bond motifs is 3. The summed E-state index contributed by atoms with van der Waals surface area (Å²) in [6.07, 6.45) is 3.48. The maximum Gasteiger partial charge on any atom is 0.245 e. The molecule has 0 heterocycles. The van der Waals surface area contributed by atoms with Crippen molar-refractivity contribution in [3.05, 3.63) is 53.6 Å². The van der Waals surface area contributed by atoms with Gasteiger partial charge >= 0.3 is 0 Å². The van der Waals surface area contributed by atoms with Gasteiger partial charge in [-0.25, -0.2) is 0 Å². The lowest BCUT2D eigenvalue weighted by molar-refractivity contribution is 0.540. The zero-order chi connectivity index (χ0) is 14.9. The highest BCUT2D eigenvalue weighted by Gasteiger charge is 2.25. The van der Waals surface area contributed by atoms with Gasteiger partial charge in [0.2, 0.25) is 8.32 Å². The second kappa shape index (κ2) is 5.68. The van der Waals surface area contributed by atoms with Crippen LogP contribution in [0, 0.1) is 6.07 Å². The Balaban J connectivity index is 1.81. The Morgan fingerprint density at radius 2 is 1.90 bits per heavy atom. The Morgan fingerprint density at radius 3 is 2.71 bits per heavy atom. The van der Waals surface area contributed by atoms with E-state index in [4.69, 9.17) is 4.43 Å². The molecule has 0 fully saturated rings. The van der Waals surface area contributed by atoms with Crippen molar-refractivity contribution in [2.24, 2.45) is 0 Å². The van der Waals surface area contributed by atoms with Crippen LogP contribution in [0.3, 0.4) is 0 Å². The van der Waals surface area contributed by atoms with Gasteiger partial charge in [0.1, 0.15) is 5.75 Å². The predicted molar refractivity (Wildman–Crippen MR) is 91.3 cm³/mol. The fraction of sp³-hybridized carbons (Fsp3) is 0.368. The molecule has 0 saturated heterocycles. The Morgan fingerprint density at radius 1 is 1.10 bits per heavy atom. The van der Waals surface area contributed by atoms with Crippen LogP contribution in [0.15, 0.2) is 36.4 Å². The average molecular weight is 295 g/mol. The molecule has 0 spiro atoms. The maximum atomic E-state index is 6.31. The van der Waals surface area contributed by atoms with Crippen molar-refractivity contribution in [1.29, 1.82) is 0 Å². The minimum Gasteiger partial charge on any atom is -0.544 e. The quantitative estimate of drug-likeness (QED) is 0.569. The number of benzene rings is 2. The zero-order valence-corrected chi connectivity index (χ0v) is 14.2. The fourth-order valence-electron chi connectivity index (χ4n) is 3.05. The minimum absolute atomic E-state index is 0.939. The van der Waals surface area contributed by atoms with Gasteiger partial charge < -0.3 is 4.43 Å². The van der Waals surface area contributed by atoms with Crippen LogP contribution < -0.4 is 4.43 Å². The normalized spacial score (nSPS) is 12.9. The van der Waals surface area contributed by atoms with Gasteiger partial charge in [0.05, 0.1) is 0 Å². The summed E-state index contributed by atoms with van der Waals surface area (Å²) < 4.78 is 6.31. The van der Waals surface area contributed by atoms with E-state index in [0.29, 0.717) is 0 Å². The van der Waals surface area contributed by atoms with E-state index in [9.17, 15) is 0 Å².